The fraction of sp³-hybridized carbons (Fsp3) is 0.950. The van der Waals surface area contributed by atoms with Gasteiger partial charge in [-0.1, -0.05) is 20.8 Å². The zero-order valence-electron chi connectivity index (χ0n) is 20.0. The van der Waals surface area contributed by atoms with Crippen LogP contribution in [0.4, 0.5) is 0 Å². The van der Waals surface area contributed by atoms with Crippen molar-refractivity contribution in [3.8, 4) is 0 Å². The van der Waals surface area contributed by atoms with E-state index in [1.165, 1.54) is 6.92 Å². The molecule has 13 heteroatoms. The molecule has 0 aromatic rings. The predicted molar refractivity (Wildman–Crippen MR) is 118 cm³/mol. The van der Waals surface area contributed by atoms with Crippen molar-refractivity contribution in [1.29, 1.82) is 0 Å². The summed E-state index contributed by atoms with van der Waals surface area (Å²) in [7, 11) is -2.33. The fourth-order valence-corrected chi connectivity index (χ4v) is 4.72. The van der Waals surface area contributed by atoms with E-state index in [9.17, 15) is 30.3 Å². The van der Waals surface area contributed by atoms with Gasteiger partial charge in [0.25, 0.3) is 0 Å². The summed E-state index contributed by atoms with van der Waals surface area (Å²) in [6.45, 7) is 10.2. The minimum Gasteiger partial charge on any atom is -0.394 e. The molecule has 2 fully saturated rings. The van der Waals surface area contributed by atoms with Gasteiger partial charge in [-0.2, -0.15) is 0 Å². The van der Waals surface area contributed by atoms with Crippen molar-refractivity contribution in [3.63, 3.8) is 0 Å². The number of amides is 1. The summed E-state index contributed by atoms with van der Waals surface area (Å²) in [5.74, 6) is -0.524. The molecule has 2 rings (SSSR count). The molecule has 0 saturated carbocycles. The minimum absolute atomic E-state index is 0.152. The number of carbonyl (C=O) groups is 1. The highest BCUT2D eigenvalue weighted by Gasteiger charge is 2.52. The van der Waals surface area contributed by atoms with Crippen LogP contribution in [0.3, 0.4) is 0 Å². The largest absolute Gasteiger partial charge is 0.394 e. The Kier molecular flexibility index (Phi) is 9.43. The van der Waals surface area contributed by atoms with Crippen LogP contribution in [0, 0.1) is 0 Å². The zero-order valence-corrected chi connectivity index (χ0v) is 21.0. The Labute approximate surface area is 195 Å². The number of nitrogens with two attached hydrogens (primary N) is 1. The quantitative estimate of drug-likeness (QED) is 0.188. The number of carbonyl (C=O) groups excluding carboxylic acids is 1. The van der Waals surface area contributed by atoms with Crippen LogP contribution in [-0.4, -0.2) is 114 Å². The third-order valence-corrected chi connectivity index (χ3v) is 11.1. The van der Waals surface area contributed by atoms with Gasteiger partial charge in [-0.3, -0.25) is 4.79 Å². The van der Waals surface area contributed by atoms with Crippen LogP contribution in [-0.2, 0) is 23.4 Å². The maximum Gasteiger partial charge on any atom is 0.217 e. The van der Waals surface area contributed by atoms with Crippen molar-refractivity contribution < 1.29 is 49.0 Å². The van der Waals surface area contributed by atoms with Crippen LogP contribution in [0.1, 0.15) is 27.7 Å². The average molecular weight is 497 g/mol. The number of aliphatic hydroxyl groups excluding tert-OH is 5. The Balaban J connectivity index is 2.24. The Bertz CT molecular complexity index is 661. The maximum absolute atomic E-state index is 11.6. The Hall–Kier alpha value is -0.713. The number of ether oxygens (including phenoxy) is 3. The van der Waals surface area contributed by atoms with Crippen LogP contribution >= 0.6 is 0 Å². The number of hydrogen-bond acceptors (Lipinski definition) is 11. The molecular formula is C20H40N2O10Si. The number of aliphatic hydroxyl groups is 5. The van der Waals surface area contributed by atoms with Crippen molar-refractivity contribution in [2.75, 3.05) is 13.2 Å². The second-order valence-electron chi connectivity index (χ2n) is 10.2. The first-order chi connectivity index (χ1) is 15.1. The standard InChI is InChI=1S/C20H40N2O10Si/c1-9(25)22-13-16(28)14(26)10(7-23)29-19(13)31-17-11(8-24)30-18(12(21)15(17)27)32-33(5,6)20(2,3)4/h10-19,23-24,26-28H,7-8,21H2,1-6H3,(H,22,25)/t10-,11-,12-,13-,14-,15-,16-,17-,18+,19+/m1/s1. The van der Waals surface area contributed by atoms with Gasteiger partial charge >= 0.3 is 0 Å². The lowest BCUT2D eigenvalue weighted by molar-refractivity contribution is -0.324. The number of rotatable bonds is 7. The first-order valence-corrected chi connectivity index (χ1v) is 14.0. The molecule has 0 unspecified atom stereocenters. The molecule has 33 heavy (non-hydrogen) atoms. The van der Waals surface area contributed by atoms with E-state index in [0.29, 0.717) is 0 Å². The van der Waals surface area contributed by atoms with E-state index in [1.54, 1.807) is 0 Å². The molecule has 2 aliphatic rings. The Morgan fingerprint density at radius 3 is 2.03 bits per heavy atom. The Morgan fingerprint density at radius 1 is 1.00 bits per heavy atom. The number of hydrogen-bond donors (Lipinski definition) is 7. The van der Waals surface area contributed by atoms with E-state index in [4.69, 9.17) is 24.4 Å². The second-order valence-corrected chi connectivity index (χ2v) is 15.0. The fourth-order valence-electron chi connectivity index (χ4n) is 3.57. The summed E-state index contributed by atoms with van der Waals surface area (Å²) in [5, 5.41) is 53.3. The van der Waals surface area contributed by atoms with Crippen molar-refractivity contribution in [2.24, 2.45) is 5.73 Å². The molecular weight excluding hydrogens is 456 g/mol. The van der Waals surface area contributed by atoms with E-state index in [0.717, 1.165) is 0 Å². The topological polar surface area (TPSA) is 193 Å². The van der Waals surface area contributed by atoms with Crippen molar-refractivity contribution in [1.82, 2.24) is 5.32 Å². The van der Waals surface area contributed by atoms with Crippen molar-refractivity contribution >= 4 is 14.2 Å². The summed E-state index contributed by atoms with van der Waals surface area (Å²) < 4.78 is 23.5. The minimum atomic E-state index is -2.33. The monoisotopic (exact) mass is 496 g/mol. The molecule has 0 bridgehead atoms. The normalized spacial score (nSPS) is 40.5. The average Bonchev–Trinajstić information content (AvgIpc) is 2.71. The van der Waals surface area contributed by atoms with E-state index in [1.807, 2.05) is 33.9 Å². The van der Waals surface area contributed by atoms with Gasteiger partial charge in [0.05, 0.1) is 19.3 Å². The van der Waals surface area contributed by atoms with Crippen LogP contribution in [0.25, 0.3) is 0 Å². The molecule has 0 aromatic carbocycles. The third kappa shape index (κ3) is 6.30. The SMILES string of the molecule is CC(=O)N[C@H]1[C@H](O[C@H]2[C@H](O)[C@@H](N)[C@H](O[Si](C)(C)C(C)(C)C)O[C@@H]2CO)O[C@H](CO)[C@@H](O)[C@@H]1O. The van der Waals surface area contributed by atoms with Gasteiger partial charge in [0.1, 0.15) is 42.7 Å². The molecule has 0 aliphatic carbocycles. The van der Waals surface area contributed by atoms with E-state index in [-0.39, 0.29) is 5.04 Å². The maximum atomic E-state index is 11.6. The molecule has 0 aromatic heterocycles. The number of nitrogens with one attached hydrogen (secondary N) is 1. The lowest BCUT2D eigenvalue weighted by Crippen LogP contribution is -2.69. The molecule has 8 N–H and O–H groups in total. The summed E-state index contributed by atoms with van der Waals surface area (Å²) in [4.78, 5) is 11.6. The van der Waals surface area contributed by atoms with Crippen LogP contribution in [0.15, 0.2) is 0 Å². The van der Waals surface area contributed by atoms with Crippen molar-refractivity contribution in [3.05, 3.63) is 0 Å². The van der Waals surface area contributed by atoms with Gasteiger partial charge in [0.15, 0.2) is 20.9 Å². The van der Waals surface area contributed by atoms with Crippen molar-refractivity contribution in [2.45, 2.75) is 107 Å². The van der Waals surface area contributed by atoms with Gasteiger partial charge in [-0.15, -0.1) is 0 Å². The van der Waals surface area contributed by atoms with E-state index >= 15 is 0 Å². The second kappa shape index (κ2) is 10.9. The zero-order chi connectivity index (χ0) is 25.3. The highest BCUT2D eigenvalue weighted by atomic mass is 28.4. The molecule has 12 nitrogen and oxygen atoms in total. The molecule has 2 aliphatic heterocycles. The van der Waals surface area contributed by atoms with Gasteiger partial charge in [-0.05, 0) is 18.1 Å². The highest BCUT2D eigenvalue weighted by Crippen LogP contribution is 2.39. The molecule has 0 radical (unpaired) electrons. The Morgan fingerprint density at radius 2 is 1.55 bits per heavy atom. The third-order valence-electron chi connectivity index (χ3n) is 6.66. The summed E-state index contributed by atoms with van der Waals surface area (Å²) in [6, 6.07) is -2.25. The summed E-state index contributed by atoms with van der Waals surface area (Å²) in [6.07, 6.45) is -10.2. The molecule has 0 spiro atoms. The van der Waals surface area contributed by atoms with Gasteiger partial charge in [0, 0.05) is 6.92 Å². The molecule has 194 valence electrons. The highest BCUT2D eigenvalue weighted by molar-refractivity contribution is 6.74. The first kappa shape index (κ1) is 28.5. The van der Waals surface area contributed by atoms with Crippen LogP contribution in [0.5, 0.6) is 0 Å². The lowest BCUT2D eigenvalue weighted by atomic mass is 9.95. The van der Waals surface area contributed by atoms with Gasteiger partial charge in [0.2, 0.25) is 5.91 Å². The van der Waals surface area contributed by atoms with E-state index < -0.39 is 88.7 Å². The summed E-state index contributed by atoms with van der Waals surface area (Å²) >= 11 is 0. The van der Waals surface area contributed by atoms with Crippen LogP contribution in [0.2, 0.25) is 18.1 Å². The predicted octanol–water partition coefficient (Wildman–Crippen LogP) is -2.26. The smallest absolute Gasteiger partial charge is 0.217 e. The molecule has 1 amide bonds. The van der Waals surface area contributed by atoms with Gasteiger partial charge in [-0.25, -0.2) is 0 Å². The van der Waals surface area contributed by atoms with E-state index in [2.05, 4.69) is 5.32 Å². The summed E-state index contributed by atoms with van der Waals surface area (Å²) in [5.41, 5.74) is 6.22. The van der Waals surface area contributed by atoms with Gasteiger partial charge < -0.3 is 55.2 Å². The lowest BCUT2D eigenvalue weighted by Gasteiger charge is -2.49. The molecule has 2 saturated heterocycles. The first-order valence-electron chi connectivity index (χ1n) is 11.1. The molecule has 10 atom stereocenters. The van der Waals surface area contributed by atoms with Crippen LogP contribution < -0.4 is 11.1 Å². The molecule has 2 heterocycles.